The van der Waals surface area contributed by atoms with Crippen molar-refractivity contribution in [3.05, 3.63) is 54.1 Å². The number of carbonyl (C=O) groups is 1. The smallest absolute Gasteiger partial charge is 0.243 e. The average Bonchev–Trinajstić information content (AvgIpc) is 2.69. The van der Waals surface area contributed by atoms with Crippen LogP contribution in [-0.4, -0.2) is 38.3 Å². The highest BCUT2D eigenvalue weighted by Crippen LogP contribution is 2.22. The molecule has 2 aromatic carbocycles. The van der Waals surface area contributed by atoms with Gasteiger partial charge >= 0.3 is 0 Å². The number of hydrogen-bond acceptors (Lipinski definition) is 4. The van der Waals surface area contributed by atoms with E-state index in [1.165, 1.54) is 16.4 Å². The van der Waals surface area contributed by atoms with E-state index in [1.54, 1.807) is 12.1 Å². The lowest BCUT2D eigenvalue weighted by Gasteiger charge is -2.25. The number of sulfonamides is 1. The maximum absolute atomic E-state index is 13.5. The third kappa shape index (κ3) is 4.85. The van der Waals surface area contributed by atoms with E-state index in [4.69, 9.17) is 0 Å². The molecule has 1 aliphatic rings. The second-order valence-corrected chi connectivity index (χ2v) is 8.45. The molecule has 1 aliphatic heterocycles. The Hall–Kier alpha value is -2.52. The van der Waals surface area contributed by atoms with Crippen LogP contribution < -0.4 is 10.6 Å². The Labute approximate surface area is 162 Å². The molecule has 0 spiro atoms. The number of amides is 1. The zero-order chi connectivity index (χ0) is 20.1. The van der Waals surface area contributed by atoms with Gasteiger partial charge in [0.2, 0.25) is 15.9 Å². The Kier molecular flexibility index (Phi) is 6.25. The molecule has 3 rings (SSSR count). The molecule has 1 heterocycles. The van der Waals surface area contributed by atoms with Crippen LogP contribution >= 0.6 is 0 Å². The van der Waals surface area contributed by atoms with Gasteiger partial charge < -0.3 is 10.6 Å². The lowest BCUT2D eigenvalue weighted by atomic mass is 10.2. The number of carbonyl (C=O) groups excluding carboxylic acids is 1. The van der Waals surface area contributed by atoms with E-state index in [-0.39, 0.29) is 17.1 Å². The van der Waals surface area contributed by atoms with E-state index in [1.807, 2.05) is 0 Å². The van der Waals surface area contributed by atoms with Crippen LogP contribution in [0.4, 0.5) is 20.2 Å². The molecule has 6 nitrogen and oxygen atoms in total. The number of hydrogen-bond donors (Lipinski definition) is 2. The number of halogens is 2. The fourth-order valence-corrected chi connectivity index (χ4v) is 4.48. The largest absolute Gasteiger partial charge is 0.376 e. The molecule has 2 N–H and O–H groups in total. The predicted octanol–water partition coefficient (Wildman–Crippen LogP) is 3.19. The van der Waals surface area contributed by atoms with Gasteiger partial charge in [-0.25, -0.2) is 17.2 Å². The highest BCUT2D eigenvalue weighted by atomic mass is 32.2. The maximum atomic E-state index is 13.5. The van der Waals surface area contributed by atoms with Crippen molar-refractivity contribution in [2.75, 3.05) is 30.3 Å². The maximum Gasteiger partial charge on any atom is 0.243 e. The fraction of sp³-hybridized carbons (Fsp3) is 0.316. The van der Waals surface area contributed by atoms with Gasteiger partial charge in [0, 0.05) is 24.8 Å². The van der Waals surface area contributed by atoms with Crippen molar-refractivity contribution in [2.45, 2.75) is 24.2 Å². The molecule has 1 amide bonds. The Bertz CT molecular complexity index is 943. The Morgan fingerprint density at radius 2 is 1.68 bits per heavy atom. The second-order valence-electron chi connectivity index (χ2n) is 6.52. The van der Waals surface area contributed by atoms with Crippen LogP contribution in [0.3, 0.4) is 0 Å². The van der Waals surface area contributed by atoms with Gasteiger partial charge in [-0.2, -0.15) is 4.31 Å². The van der Waals surface area contributed by atoms with Gasteiger partial charge in [0.25, 0.3) is 0 Å². The molecular formula is C19H21F2N3O3S. The number of benzene rings is 2. The van der Waals surface area contributed by atoms with Crippen LogP contribution in [0.5, 0.6) is 0 Å². The van der Waals surface area contributed by atoms with Crippen LogP contribution in [0.15, 0.2) is 47.4 Å². The topological polar surface area (TPSA) is 78.5 Å². The third-order valence-corrected chi connectivity index (χ3v) is 6.38. The summed E-state index contributed by atoms with van der Waals surface area (Å²) in [6.45, 7) is 0.903. The summed E-state index contributed by atoms with van der Waals surface area (Å²) in [5.74, 6) is -2.11. The molecule has 0 aromatic heterocycles. The van der Waals surface area contributed by atoms with Crippen molar-refractivity contribution in [3.63, 3.8) is 0 Å². The summed E-state index contributed by atoms with van der Waals surface area (Å²) in [5.41, 5.74) is 0.434. The van der Waals surface area contributed by atoms with Crippen LogP contribution in [0.25, 0.3) is 0 Å². The fourth-order valence-electron chi connectivity index (χ4n) is 2.97. The summed E-state index contributed by atoms with van der Waals surface area (Å²) in [5, 5.41) is 5.18. The summed E-state index contributed by atoms with van der Waals surface area (Å²) in [6, 6.07) is 9.00. The predicted molar refractivity (Wildman–Crippen MR) is 103 cm³/mol. The number of piperidine rings is 1. The molecule has 1 fully saturated rings. The van der Waals surface area contributed by atoms with Gasteiger partial charge in [-0.05, 0) is 49.2 Å². The minimum atomic E-state index is -3.51. The number of anilines is 2. The Balaban J connectivity index is 1.57. The lowest BCUT2D eigenvalue weighted by molar-refractivity contribution is -0.114. The lowest BCUT2D eigenvalue weighted by Crippen LogP contribution is -2.35. The van der Waals surface area contributed by atoms with E-state index in [0.717, 1.165) is 31.4 Å². The van der Waals surface area contributed by atoms with E-state index in [0.29, 0.717) is 24.8 Å². The zero-order valence-electron chi connectivity index (χ0n) is 15.1. The summed E-state index contributed by atoms with van der Waals surface area (Å²) in [4.78, 5) is 12.1. The first-order valence-electron chi connectivity index (χ1n) is 8.95. The molecule has 1 saturated heterocycles. The Morgan fingerprint density at radius 1 is 1.00 bits per heavy atom. The summed E-state index contributed by atoms with van der Waals surface area (Å²) in [7, 11) is -3.51. The number of rotatable bonds is 6. The molecule has 9 heteroatoms. The highest BCUT2D eigenvalue weighted by molar-refractivity contribution is 7.89. The SMILES string of the molecule is O=C(CNc1ccc(S(=O)(=O)N2CCCCC2)cc1)Nc1ccc(F)cc1F. The minimum absolute atomic E-state index is 0.115. The van der Waals surface area contributed by atoms with Gasteiger partial charge in [0.05, 0.1) is 17.1 Å². The van der Waals surface area contributed by atoms with Crippen LogP contribution in [-0.2, 0) is 14.8 Å². The first-order chi connectivity index (χ1) is 13.4. The molecule has 28 heavy (non-hydrogen) atoms. The Morgan fingerprint density at radius 3 is 2.32 bits per heavy atom. The standard InChI is InChI=1S/C19H21F2N3O3S/c20-14-4-9-18(17(21)12-14)23-19(25)13-22-15-5-7-16(8-6-15)28(26,27)24-10-2-1-3-11-24/h4-9,12,22H,1-3,10-11,13H2,(H,23,25). The minimum Gasteiger partial charge on any atom is -0.376 e. The van der Waals surface area contributed by atoms with Crippen LogP contribution in [0.1, 0.15) is 19.3 Å². The zero-order valence-corrected chi connectivity index (χ0v) is 15.9. The summed E-state index contributed by atoms with van der Waals surface area (Å²) >= 11 is 0. The molecule has 0 unspecified atom stereocenters. The molecule has 0 saturated carbocycles. The van der Waals surface area contributed by atoms with E-state index < -0.39 is 27.6 Å². The van der Waals surface area contributed by atoms with E-state index in [2.05, 4.69) is 10.6 Å². The van der Waals surface area contributed by atoms with Crippen molar-refractivity contribution >= 4 is 27.3 Å². The number of nitrogens with one attached hydrogen (secondary N) is 2. The summed E-state index contributed by atoms with van der Waals surface area (Å²) in [6.07, 6.45) is 2.77. The second kappa shape index (κ2) is 8.66. The van der Waals surface area contributed by atoms with E-state index in [9.17, 15) is 22.0 Å². The van der Waals surface area contributed by atoms with Gasteiger partial charge in [-0.15, -0.1) is 0 Å². The molecule has 0 aliphatic carbocycles. The van der Waals surface area contributed by atoms with Gasteiger partial charge in [-0.3, -0.25) is 4.79 Å². The molecule has 150 valence electrons. The van der Waals surface area contributed by atoms with Crippen LogP contribution in [0.2, 0.25) is 0 Å². The molecular weight excluding hydrogens is 388 g/mol. The van der Waals surface area contributed by atoms with Gasteiger partial charge in [-0.1, -0.05) is 6.42 Å². The average molecular weight is 409 g/mol. The van der Waals surface area contributed by atoms with Crippen molar-refractivity contribution in [2.24, 2.45) is 0 Å². The number of nitrogens with zero attached hydrogens (tertiary/aromatic N) is 1. The monoisotopic (exact) mass is 409 g/mol. The van der Waals surface area contributed by atoms with Gasteiger partial charge in [0.15, 0.2) is 0 Å². The van der Waals surface area contributed by atoms with Crippen LogP contribution in [0, 0.1) is 11.6 Å². The first kappa shape index (κ1) is 20.2. The first-order valence-corrected chi connectivity index (χ1v) is 10.4. The summed E-state index contributed by atoms with van der Waals surface area (Å²) < 4.78 is 53.1. The van der Waals surface area contributed by atoms with Crippen molar-refractivity contribution in [3.8, 4) is 0 Å². The van der Waals surface area contributed by atoms with Crippen molar-refractivity contribution < 1.29 is 22.0 Å². The quantitative estimate of drug-likeness (QED) is 0.768. The molecule has 0 bridgehead atoms. The normalized spacial score (nSPS) is 15.2. The van der Waals surface area contributed by atoms with Crippen molar-refractivity contribution in [1.29, 1.82) is 0 Å². The molecule has 2 aromatic rings. The van der Waals surface area contributed by atoms with Crippen molar-refractivity contribution in [1.82, 2.24) is 4.31 Å². The highest BCUT2D eigenvalue weighted by Gasteiger charge is 2.25. The molecule has 0 atom stereocenters. The molecule has 0 radical (unpaired) electrons. The van der Waals surface area contributed by atoms with Gasteiger partial charge in [0.1, 0.15) is 11.6 Å². The third-order valence-electron chi connectivity index (χ3n) is 4.47. The van der Waals surface area contributed by atoms with E-state index >= 15 is 0 Å².